The lowest BCUT2D eigenvalue weighted by Crippen LogP contribution is -2.24. The number of rotatable bonds is 7. The third kappa shape index (κ3) is 6.03. The standard InChI is InChI=1S/C19H20N2O6/c1-13-6-4-5-7-15(13)26-12-18(22)21-20-11-14-8-9-16(17(10-14)24-2)27-19(23)25-3/h4-11H,12H2,1-3H3,(H,21,22)/b20-11-. The smallest absolute Gasteiger partial charge is 0.493 e. The Bertz CT molecular complexity index is 835. The van der Waals surface area contributed by atoms with E-state index in [-0.39, 0.29) is 12.4 Å². The first-order valence-corrected chi connectivity index (χ1v) is 7.97. The molecule has 2 rings (SSSR count). The fourth-order valence-electron chi connectivity index (χ4n) is 2.05. The van der Waals surface area contributed by atoms with Crippen LogP contribution in [-0.2, 0) is 9.53 Å². The lowest BCUT2D eigenvalue weighted by atomic mass is 10.2. The van der Waals surface area contributed by atoms with E-state index in [1.165, 1.54) is 26.5 Å². The summed E-state index contributed by atoms with van der Waals surface area (Å²) in [4.78, 5) is 23.0. The zero-order valence-corrected chi connectivity index (χ0v) is 15.2. The quantitative estimate of drug-likeness (QED) is 0.347. The number of benzene rings is 2. The van der Waals surface area contributed by atoms with Crippen LogP contribution in [0.3, 0.4) is 0 Å². The zero-order chi connectivity index (χ0) is 19.6. The van der Waals surface area contributed by atoms with Gasteiger partial charge in [-0.25, -0.2) is 10.2 Å². The van der Waals surface area contributed by atoms with Gasteiger partial charge in [0.1, 0.15) is 5.75 Å². The average Bonchev–Trinajstić information content (AvgIpc) is 2.68. The number of methoxy groups -OCH3 is 2. The highest BCUT2D eigenvalue weighted by molar-refractivity contribution is 5.84. The number of nitrogens with one attached hydrogen (secondary N) is 1. The van der Waals surface area contributed by atoms with Crippen LogP contribution in [0.1, 0.15) is 11.1 Å². The van der Waals surface area contributed by atoms with E-state index >= 15 is 0 Å². The molecule has 2 aromatic rings. The van der Waals surface area contributed by atoms with Crippen molar-refractivity contribution in [3.05, 3.63) is 53.6 Å². The van der Waals surface area contributed by atoms with Crippen molar-refractivity contribution in [3.8, 4) is 17.2 Å². The van der Waals surface area contributed by atoms with E-state index in [0.29, 0.717) is 17.1 Å². The summed E-state index contributed by atoms with van der Waals surface area (Å²) >= 11 is 0. The number of amides is 1. The van der Waals surface area contributed by atoms with E-state index in [4.69, 9.17) is 14.2 Å². The summed E-state index contributed by atoms with van der Waals surface area (Å²) in [6.45, 7) is 1.74. The Hall–Kier alpha value is -3.55. The Kier molecular flexibility index (Phi) is 7.18. The van der Waals surface area contributed by atoms with E-state index in [9.17, 15) is 9.59 Å². The molecule has 0 aliphatic rings. The van der Waals surface area contributed by atoms with Gasteiger partial charge in [-0.2, -0.15) is 5.10 Å². The topological polar surface area (TPSA) is 95.5 Å². The number of carbonyl (C=O) groups is 2. The second-order valence-corrected chi connectivity index (χ2v) is 5.31. The van der Waals surface area contributed by atoms with Gasteiger partial charge in [0.25, 0.3) is 5.91 Å². The number of para-hydroxylation sites is 1. The van der Waals surface area contributed by atoms with Gasteiger partial charge in [0.15, 0.2) is 18.1 Å². The largest absolute Gasteiger partial charge is 0.513 e. The highest BCUT2D eigenvalue weighted by Gasteiger charge is 2.10. The van der Waals surface area contributed by atoms with E-state index in [1.54, 1.807) is 18.2 Å². The van der Waals surface area contributed by atoms with Gasteiger partial charge < -0.3 is 18.9 Å². The maximum atomic E-state index is 11.8. The third-order valence-corrected chi connectivity index (χ3v) is 3.40. The molecule has 0 aliphatic heterocycles. The maximum Gasteiger partial charge on any atom is 0.513 e. The van der Waals surface area contributed by atoms with Gasteiger partial charge in [-0.3, -0.25) is 4.79 Å². The number of hydrogen-bond acceptors (Lipinski definition) is 7. The van der Waals surface area contributed by atoms with Crippen molar-refractivity contribution in [2.45, 2.75) is 6.92 Å². The molecule has 0 fully saturated rings. The molecule has 1 amide bonds. The van der Waals surface area contributed by atoms with Crippen molar-refractivity contribution in [1.82, 2.24) is 5.43 Å². The van der Waals surface area contributed by atoms with Crippen molar-refractivity contribution in [2.75, 3.05) is 20.8 Å². The molecular weight excluding hydrogens is 352 g/mol. The van der Waals surface area contributed by atoms with Crippen LogP contribution in [0, 0.1) is 6.92 Å². The van der Waals surface area contributed by atoms with Gasteiger partial charge >= 0.3 is 6.16 Å². The lowest BCUT2D eigenvalue weighted by Gasteiger charge is -2.09. The number of nitrogens with zero attached hydrogens (tertiary/aromatic N) is 1. The molecule has 0 atom stereocenters. The van der Waals surface area contributed by atoms with Crippen molar-refractivity contribution in [1.29, 1.82) is 0 Å². The molecule has 0 unspecified atom stereocenters. The summed E-state index contributed by atoms with van der Waals surface area (Å²) < 4.78 is 20.0. The Morgan fingerprint density at radius 2 is 1.85 bits per heavy atom. The Labute approximate surface area is 156 Å². The molecule has 27 heavy (non-hydrogen) atoms. The molecule has 0 spiro atoms. The van der Waals surface area contributed by atoms with Crippen LogP contribution in [0.2, 0.25) is 0 Å². The van der Waals surface area contributed by atoms with E-state index in [2.05, 4.69) is 15.3 Å². The monoisotopic (exact) mass is 372 g/mol. The molecule has 8 nitrogen and oxygen atoms in total. The number of ether oxygens (including phenoxy) is 4. The molecule has 0 aromatic heterocycles. The summed E-state index contributed by atoms with van der Waals surface area (Å²) in [6, 6.07) is 12.2. The fourth-order valence-corrected chi connectivity index (χ4v) is 2.05. The predicted molar refractivity (Wildman–Crippen MR) is 98.4 cm³/mol. The van der Waals surface area contributed by atoms with Gasteiger partial charge in [0.2, 0.25) is 0 Å². The first kappa shape index (κ1) is 19.8. The molecule has 0 saturated carbocycles. The van der Waals surface area contributed by atoms with Crippen LogP contribution < -0.4 is 19.6 Å². The molecule has 0 saturated heterocycles. The predicted octanol–water partition coefficient (Wildman–Crippen LogP) is 2.68. The summed E-state index contributed by atoms with van der Waals surface area (Å²) in [6.07, 6.45) is 0.575. The van der Waals surface area contributed by atoms with Gasteiger partial charge in [-0.05, 0) is 42.3 Å². The SMILES string of the molecule is COC(=O)Oc1ccc(/C=N\NC(=O)COc2ccccc2C)cc1OC. The summed E-state index contributed by atoms with van der Waals surface area (Å²) in [5.41, 5.74) is 3.94. The van der Waals surface area contributed by atoms with E-state index in [1.807, 2.05) is 25.1 Å². The highest BCUT2D eigenvalue weighted by Crippen LogP contribution is 2.27. The molecule has 1 N–H and O–H groups in total. The number of hydrogen-bond donors (Lipinski definition) is 1. The molecule has 0 heterocycles. The van der Waals surface area contributed by atoms with Gasteiger partial charge in [0, 0.05) is 0 Å². The molecule has 142 valence electrons. The minimum atomic E-state index is -0.851. The summed E-state index contributed by atoms with van der Waals surface area (Å²) in [7, 11) is 2.65. The second-order valence-electron chi connectivity index (χ2n) is 5.31. The van der Waals surface area contributed by atoms with Crippen molar-refractivity contribution in [3.63, 3.8) is 0 Å². The van der Waals surface area contributed by atoms with E-state index in [0.717, 1.165) is 5.56 Å². The van der Waals surface area contributed by atoms with Gasteiger partial charge in [-0.1, -0.05) is 18.2 Å². The third-order valence-electron chi connectivity index (χ3n) is 3.40. The second kappa shape index (κ2) is 9.81. The zero-order valence-electron chi connectivity index (χ0n) is 15.2. The molecular formula is C19H20N2O6. The minimum absolute atomic E-state index is 0.155. The van der Waals surface area contributed by atoms with Crippen molar-refractivity contribution >= 4 is 18.3 Å². The first-order valence-electron chi connectivity index (χ1n) is 7.97. The van der Waals surface area contributed by atoms with E-state index < -0.39 is 12.1 Å². The maximum absolute atomic E-state index is 11.8. The lowest BCUT2D eigenvalue weighted by molar-refractivity contribution is -0.123. The minimum Gasteiger partial charge on any atom is -0.493 e. The molecule has 2 aromatic carbocycles. The Morgan fingerprint density at radius 1 is 1.07 bits per heavy atom. The first-order chi connectivity index (χ1) is 13.0. The van der Waals surface area contributed by atoms with Crippen LogP contribution in [0.25, 0.3) is 0 Å². The van der Waals surface area contributed by atoms with Crippen LogP contribution >= 0.6 is 0 Å². The Balaban J connectivity index is 1.90. The molecule has 0 aliphatic carbocycles. The number of hydrazone groups is 1. The van der Waals surface area contributed by atoms with Crippen LogP contribution in [0.5, 0.6) is 17.2 Å². The van der Waals surface area contributed by atoms with Crippen LogP contribution in [0.4, 0.5) is 4.79 Å². The van der Waals surface area contributed by atoms with Crippen LogP contribution in [-0.4, -0.2) is 39.1 Å². The van der Waals surface area contributed by atoms with Gasteiger partial charge in [-0.15, -0.1) is 0 Å². The van der Waals surface area contributed by atoms with Crippen molar-refractivity contribution < 1.29 is 28.5 Å². The fraction of sp³-hybridized carbons (Fsp3) is 0.211. The van der Waals surface area contributed by atoms with Gasteiger partial charge in [0.05, 0.1) is 20.4 Å². The summed E-state index contributed by atoms with van der Waals surface area (Å²) in [5, 5.41) is 3.87. The Morgan fingerprint density at radius 3 is 2.56 bits per heavy atom. The van der Waals surface area contributed by atoms with Crippen molar-refractivity contribution in [2.24, 2.45) is 5.10 Å². The summed E-state index contributed by atoms with van der Waals surface area (Å²) in [5.74, 6) is 0.769. The number of carbonyl (C=O) groups excluding carboxylic acids is 2. The molecule has 8 heteroatoms. The van der Waals surface area contributed by atoms with Crippen LogP contribution in [0.15, 0.2) is 47.6 Å². The normalized spacial score (nSPS) is 10.3. The highest BCUT2D eigenvalue weighted by atomic mass is 16.7. The number of aryl methyl sites for hydroxylation is 1. The average molecular weight is 372 g/mol. The molecule has 0 bridgehead atoms. The molecule has 0 radical (unpaired) electrons.